The minimum atomic E-state index is -0.0164. The van der Waals surface area contributed by atoms with Gasteiger partial charge in [-0.3, -0.25) is 0 Å². The van der Waals surface area contributed by atoms with Gasteiger partial charge >= 0.3 is 6.03 Å². The van der Waals surface area contributed by atoms with Crippen molar-refractivity contribution in [2.75, 3.05) is 20.8 Å². The average molecular weight is 358 g/mol. The van der Waals surface area contributed by atoms with Gasteiger partial charge in [-0.1, -0.05) is 0 Å². The largest absolute Gasteiger partial charge is 0.497 e. The summed E-state index contributed by atoms with van der Waals surface area (Å²) in [6, 6.07) is 6.20. The van der Waals surface area contributed by atoms with E-state index in [-0.39, 0.29) is 6.03 Å². The van der Waals surface area contributed by atoms with Gasteiger partial charge < -0.3 is 20.1 Å². The Hall–Kier alpha value is -1.91. The first-order chi connectivity index (χ1) is 12.6. The molecule has 1 aromatic carbocycles. The summed E-state index contributed by atoms with van der Waals surface area (Å²) in [5.74, 6) is 4.83. The van der Waals surface area contributed by atoms with Gasteiger partial charge in [0.2, 0.25) is 0 Å². The Morgan fingerprint density at radius 2 is 1.54 bits per heavy atom. The summed E-state index contributed by atoms with van der Waals surface area (Å²) in [6.07, 6.45) is 7.48. The van der Waals surface area contributed by atoms with Crippen LogP contribution in [-0.2, 0) is 6.42 Å². The number of nitrogens with one attached hydrogen (secondary N) is 2. The Morgan fingerprint density at radius 1 is 0.962 bits per heavy atom. The molecule has 2 N–H and O–H groups in total. The Morgan fingerprint density at radius 3 is 2.08 bits per heavy atom. The molecular formula is C21H30N2O3. The van der Waals surface area contributed by atoms with Crippen LogP contribution in [0.15, 0.2) is 18.2 Å². The summed E-state index contributed by atoms with van der Waals surface area (Å²) >= 11 is 0. The van der Waals surface area contributed by atoms with Crippen molar-refractivity contribution < 1.29 is 14.3 Å². The molecule has 4 aliphatic carbocycles. The number of hydrogen-bond acceptors (Lipinski definition) is 3. The van der Waals surface area contributed by atoms with E-state index in [1.807, 2.05) is 18.2 Å². The zero-order chi connectivity index (χ0) is 18.1. The maximum atomic E-state index is 12.4. The van der Waals surface area contributed by atoms with Gasteiger partial charge in [-0.2, -0.15) is 0 Å². The van der Waals surface area contributed by atoms with Crippen LogP contribution in [-0.4, -0.2) is 32.8 Å². The third-order valence-electron chi connectivity index (χ3n) is 6.63. The first kappa shape index (κ1) is 17.5. The lowest BCUT2D eigenvalue weighted by atomic mass is 9.54. The molecule has 4 bridgehead atoms. The fraction of sp³-hybridized carbons (Fsp3) is 0.667. The van der Waals surface area contributed by atoms with E-state index in [2.05, 4.69) is 10.6 Å². The molecule has 0 radical (unpaired) electrons. The smallest absolute Gasteiger partial charge is 0.315 e. The van der Waals surface area contributed by atoms with Gasteiger partial charge in [0.15, 0.2) is 0 Å². The molecule has 0 spiro atoms. The number of urea groups is 1. The number of benzene rings is 1. The molecule has 5 nitrogen and oxygen atoms in total. The summed E-state index contributed by atoms with van der Waals surface area (Å²) in [6.45, 7) is 0.607. The first-order valence-corrected chi connectivity index (χ1v) is 9.91. The molecule has 26 heavy (non-hydrogen) atoms. The van der Waals surface area contributed by atoms with Gasteiger partial charge in [0.1, 0.15) is 11.5 Å². The summed E-state index contributed by atoms with van der Waals surface area (Å²) < 4.78 is 10.6. The predicted molar refractivity (Wildman–Crippen MR) is 101 cm³/mol. The fourth-order valence-corrected chi connectivity index (χ4v) is 5.69. The molecule has 4 aliphatic rings. The second kappa shape index (κ2) is 7.37. The van der Waals surface area contributed by atoms with Gasteiger partial charge in [-0.05, 0) is 79.9 Å². The number of rotatable bonds is 6. The van der Waals surface area contributed by atoms with Crippen LogP contribution in [0.25, 0.3) is 0 Å². The van der Waals surface area contributed by atoms with Crippen LogP contribution in [0.3, 0.4) is 0 Å². The number of hydrogen-bond donors (Lipinski definition) is 2. The normalized spacial score (nSPS) is 31.5. The Balaban J connectivity index is 1.27. The minimum Gasteiger partial charge on any atom is -0.497 e. The first-order valence-electron chi connectivity index (χ1n) is 9.91. The van der Waals surface area contributed by atoms with Gasteiger partial charge in [0.25, 0.3) is 0 Å². The Labute approximate surface area is 155 Å². The zero-order valence-corrected chi connectivity index (χ0v) is 15.8. The molecular weight excluding hydrogens is 328 g/mol. The van der Waals surface area contributed by atoms with Gasteiger partial charge in [-0.15, -0.1) is 0 Å². The van der Waals surface area contributed by atoms with Crippen molar-refractivity contribution in [1.29, 1.82) is 0 Å². The lowest BCUT2D eigenvalue weighted by molar-refractivity contribution is -0.00940. The predicted octanol–water partition coefficient (Wildman–Crippen LogP) is 3.37. The second-order valence-electron chi connectivity index (χ2n) is 8.33. The van der Waals surface area contributed by atoms with E-state index >= 15 is 0 Å². The van der Waals surface area contributed by atoms with Gasteiger partial charge in [-0.25, -0.2) is 4.79 Å². The lowest BCUT2D eigenvalue weighted by Crippen LogP contribution is -2.57. The van der Waals surface area contributed by atoms with Crippen molar-refractivity contribution in [3.63, 3.8) is 0 Å². The monoisotopic (exact) mass is 358 g/mol. The van der Waals surface area contributed by atoms with E-state index < -0.39 is 0 Å². The second-order valence-corrected chi connectivity index (χ2v) is 8.33. The Kier molecular flexibility index (Phi) is 4.96. The van der Waals surface area contributed by atoms with E-state index in [1.165, 1.54) is 32.1 Å². The highest BCUT2D eigenvalue weighted by molar-refractivity contribution is 5.74. The molecule has 2 amide bonds. The van der Waals surface area contributed by atoms with Gasteiger partial charge in [0, 0.05) is 18.7 Å². The molecule has 5 heteroatoms. The average Bonchev–Trinajstić information content (AvgIpc) is 2.63. The van der Waals surface area contributed by atoms with E-state index in [0.29, 0.717) is 24.4 Å². The van der Waals surface area contributed by atoms with Crippen LogP contribution in [0, 0.1) is 23.7 Å². The highest BCUT2D eigenvalue weighted by atomic mass is 16.5. The van der Waals surface area contributed by atoms with Crippen LogP contribution >= 0.6 is 0 Å². The van der Waals surface area contributed by atoms with E-state index in [4.69, 9.17) is 9.47 Å². The molecule has 0 saturated heterocycles. The van der Waals surface area contributed by atoms with E-state index in [1.54, 1.807) is 14.2 Å². The molecule has 0 atom stereocenters. The number of carbonyl (C=O) groups is 1. The molecule has 0 aliphatic heterocycles. The quantitative estimate of drug-likeness (QED) is 0.820. The van der Waals surface area contributed by atoms with Crippen LogP contribution in [0.1, 0.15) is 37.7 Å². The number of carbonyl (C=O) groups excluding carboxylic acids is 1. The van der Waals surface area contributed by atoms with Crippen molar-refractivity contribution in [2.45, 2.75) is 44.6 Å². The number of ether oxygens (including phenoxy) is 2. The maximum absolute atomic E-state index is 12.4. The van der Waals surface area contributed by atoms with Gasteiger partial charge in [0.05, 0.1) is 14.2 Å². The summed E-state index contributed by atoms with van der Waals surface area (Å²) in [5.41, 5.74) is 1.09. The molecule has 4 saturated carbocycles. The van der Waals surface area contributed by atoms with Crippen LogP contribution in [0.5, 0.6) is 11.5 Å². The SMILES string of the molecule is COc1cc(CCNC(=O)NC2C3CC4CC(C3)CC2C4)cc(OC)c1. The van der Waals surface area contributed by atoms with Crippen LogP contribution in [0.2, 0.25) is 0 Å². The van der Waals surface area contributed by atoms with Crippen LogP contribution in [0.4, 0.5) is 4.79 Å². The van der Waals surface area contributed by atoms with Crippen molar-refractivity contribution in [2.24, 2.45) is 23.7 Å². The fourth-order valence-electron chi connectivity index (χ4n) is 5.69. The molecule has 0 unspecified atom stereocenters. The van der Waals surface area contributed by atoms with Crippen molar-refractivity contribution in [3.05, 3.63) is 23.8 Å². The molecule has 0 aromatic heterocycles. The summed E-state index contributed by atoms with van der Waals surface area (Å²) in [4.78, 5) is 12.4. The van der Waals surface area contributed by atoms with E-state index in [9.17, 15) is 4.79 Å². The van der Waals surface area contributed by atoms with E-state index in [0.717, 1.165) is 35.3 Å². The van der Waals surface area contributed by atoms with Crippen molar-refractivity contribution in [3.8, 4) is 11.5 Å². The topological polar surface area (TPSA) is 59.6 Å². The van der Waals surface area contributed by atoms with Crippen molar-refractivity contribution in [1.82, 2.24) is 10.6 Å². The molecule has 4 fully saturated rings. The summed E-state index contributed by atoms with van der Waals surface area (Å²) in [5, 5.41) is 6.33. The molecule has 0 heterocycles. The molecule has 142 valence electrons. The number of amides is 2. The summed E-state index contributed by atoms with van der Waals surface area (Å²) in [7, 11) is 3.30. The zero-order valence-electron chi connectivity index (χ0n) is 15.8. The lowest BCUT2D eigenvalue weighted by Gasteiger charge is -2.54. The highest BCUT2D eigenvalue weighted by Crippen LogP contribution is 2.53. The van der Waals surface area contributed by atoms with Crippen LogP contribution < -0.4 is 20.1 Å². The molecule has 1 aromatic rings. The standard InChI is InChI=1S/C21H30N2O3/c1-25-18-10-13(11-19(12-18)26-2)3-4-22-21(24)23-20-16-6-14-5-15(8-16)9-17(20)7-14/h10-12,14-17,20H,3-9H2,1-2H3,(H2,22,23,24). The maximum Gasteiger partial charge on any atom is 0.315 e. The minimum absolute atomic E-state index is 0.0164. The number of methoxy groups -OCH3 is 2. The van der Waals surface area contributed by atoms with Crippen molar-refractivity contribution >= 4 is 6.03 Å². The highest BCUT2D eigenvalue weighted by Gasteiger charge is 2.48. The third-order valence-corrected chi connectivity index (χ3v) is 6.63. The Bertz CT molecular complexity index is 610. The molecule has 5 rings (SSSR count). The third kappa shape index (κ3) is 3.62.